The van der Waals surface area contributed by atoms with Gasteiger partial charge < -0.3 is 14.6 Å². The van der Waals surface area contributed by atoms with Crippen LogP contribution in [0.4, 0.5) is 0 Å². The van der Waals surface area contributed by atoms with Crippen molar-refractivity contribution in [2.45, 2.75) is 26.3 Å². The molecule has 5 nitrogen and oxygen atoms in total. The zero-order valence-electron chi connectivity index (χ0n) is 12.7. The molecule has 1 atom stereocenters. The molecule has 0 aromatic carbocycles. The Morgan fingerprint density at radius 1 is 1.52 bits per heavy atom. The highest BCUT2D eigenvalue weighted by molar-refractivity contribution is 5.76. The summed E-state index contributed by atoms with van der Waals surface area (Å²) >= 11 is 0. The highest BCUT2D eigenvalue weighted by Crippen LogP contribution is 2.17. The van der Waals surface area contributed by atoms with Crippen molar-refractivity contribution in [2.75, 3.05) is 20.1 Å². The van der Waals surface area contributed by atoms with Gasteiger partial charge in [-0.15, -0.1) is 0 Å². The van der Waals surface area contributed by atoms with Crippen molar-refractivity contribution in [1.29, 1.82) is 0 Å². The molecule has 3 rings (SSSR count). The molecule has 1 saturated heterocycles. The predicted molar refractivity (Wildman–Crippen MR) is 82.0 cm³/mol. The molecule has 5 heteroatoms. The average molecular weight is 286 g/mol. The summed E-state index contributed by atoms with van der Waals surface area (Å²) in [5.74, 6) is 0.706. The van der Waals surface area contributed by atoms with Gasteiger partial charge in [-0.25, -0.2) is 4.98 Å². The number of aryl methyl sites for hydroxylation is 1. The number of hydrogen-bond acceptors (Lipinski definition) is 3. The van der Waals surface area contributed by atoms with Crippen LogP contribution in [0.25, 0.3) is 5.65 Å². The molecule has 1 aliphatic heterocycles. The van der Waals surface area contributed by atoms with E-state index in [2.05, 4.69) is 14.7 Å². The Hall–Kier alpha value is -1.88. The highest BCUT2D eigenvalue weighted by atomic mass is 16.2. The molecule has 0 saturated carbocycles. The van der Waals surface area contributed by atoms with Gasteiger partial charge in [0.05, 0.1) is 17.9 Å². The van der Waals surface area contributed by atoms with Crippen LogP contribution in [0.3, 0.4) is 0 Å². The Kier molecular flexibility index (Phi) is 3.92. The maximum atomic E-state index is 12.3. The van der Waals surface area contributed by atoms with Gasteiger partial charge in [0.15, 0.2) is 0 Å². The second-order valence-electron chi connectivity index (χ2n) is 5.89. The van der Waals surface area contributed by atoms with Gasteiger partial charge in [-0.3, -0.25) is 4.79 Å². The summed E-state index contributed by atoms with van der Waals surface area (Å²) in [6.45, 7) is 4.61. The normalized spacial score (nSPS) is 18.3. The van der Waals surface area contributed by atoms with Crippen LogP contribution in [-0.4, -0.2) is 40.3 Å². The summed E-state index contributed by atoms with van der Waals surface area (Å²) < 4.78 is 2.07. The lowest BCUT2D eigenvalue weighted by molar-refractivity contribution is -0.131. The summed E-state index contributed by atoms with van der Waals surface area (Å²) in [6.07, 6.45) is 3.75. The van der Waals surface area contributed by atoms with Gasteiger partial charge in [-0.2, -0.15) is 0 Å². The quantitative estimate of drug-likeness (QED) is 0.929. The van der Waals surface area contributed by atoms with Gasteiger partial charge in [0.25, 0.3) is 0 Å². The molecule has 2 aromatic heterocycles. The minimum Gasteiger partial charge on any atom is -0.340 e. The standard InChI is InChI=1S/C16H22N4O/c1-12-14(20-8-4-3-5-15(20)18-12)11-19(2)16(21)9-13-6-7-17-10-13/h3-5,8,13,17H,6-7,9-11H2,1-2H3/t13-/m0/s1. The fourth-order valence-corrected chi connectivity index (χ4v) is 2.96. The van der Waals surface area contributed by atoms with Gasteiger partial charge in [-0.05, 0) is 44.5 Å². The summed E-state index contributed by atoms with van der Waals surface area (Å²) in [5.41, 5.74) is 3.01. The number of aromatic nitrogens is 2. The molecule has 3 heterocycles. The molecule has 0 radical (unpaired) electrons. The van der Waals surface area contributed by atoms with Crippen molar-refractivity contribution in [3.63, 3.8) is 0 Å². The van der Waals surface area contributed by atoms with Gasteiger partial charge in [-0.1, -0.05) is 6.07 Å². The van der Waals surface area contributed by atoms with Crippen molar-refractivity contribution in [3.8, 4) is 0 Å². The molecular formula is C16H22N4O. The number of hydrogen-bond donors (Lipinski definition) is 1. The van der Waals surface area contributed by atoms with Crippen molar-refractivity contribution < 1.29 is 4.79 Å². The zero-order chi connectivity index (χ0) is 14.8. The Bertz CT molecular complexity index is 643. The largest absolute Gasteiger partial charge is 0.340 e. The molecule has 0 bridgehead atoms. The van der Waals surface area contributed by atoms with Crippen LogP contribution in [0.15, 0.2) is 24.4 Å². The monoisotopic (exact) mass is 286 g/mol. The van der Waals surface area contributed by atoms with Crippen LogP contribution in [0, 0.1) is 12.8 Å². The lowest BCUT2D eigenvalue weighted by Gasteiger charge is -2.19. The fourth-order valence-electron chi connectivity index (χ4n) is 2.96. The molecule has 1 amide bonds. The topological polar surface area (TPSA) is 49.6 Å². The number of nitrogens with one attached hydrogen (secondary N) is 1. The molecule has 0 spiro atoms. The van der Waals surface area contributed by atoms with Gasteiger partial charge in [0, 0.05) is 19.7 Å². The first-order chi connectivity index (χ1) is 10.1. The van der Waals surface area contributed by atoms with Crippen LogP contribution in [0.1, 0.15) is 24.2 Å². The van der Waals surface area contributed by atoms with Gasteiger partial charge >= 0.3 is 0 Å². The zero-order valence-corrected chi connectivity index (χ0v) is 12.7. The second kappa shape index (κ2) is 5.85. The Labute approximate surface area is 125 Å². The van der Waals surface area contributed by atoms with Crippen LogP contribution in [0.5, 0.6) is 0 Å². The molecule has 2 aromatic rings. The molecule has 112 valence electrons. The lowest BCUT2D eigenvalue weighted by Crippen LogP contribution is -2.29. The van der Waals surface area contributed by atoms with Crippen LogP contribution in [0.2, 0.25) is 0 Å². The first-order valence-corrected chi connectivity index (χ1v) is 7.52. The number of amides is 1. The molecule has 0 unspecified atom stereocenters. The van der Waals surface area contributed by atoms with Crippen molar-refractivity contribution >= 4 is 11.6 Å². The van der Waals surface area contributed by atoms with Gasteiger partial charge in [0.2, 0.25) is 5.91 Å². The van der Waals surface area contributed by atoms with E-state index in [-0.39, 0.29) is 5.91 Å². The number of nitrogens with zero attached hydrogens (tertiary/aromatic N) is 3. The maximum absolute atomic E-state index is 12.3. The van der Waals surface area contributed by atoms with E-state index < -0.39 is 0 Å². The predicted octanol–water partition coefficient (Wildman–Crippen LogP) is 1.60. The van der Waals surface area contributed by atoms with E-state index >= 15 is 0 Å². The first kappa shape index (κ1) is 14.1. The number of fused-ring (bicyclic) bond motifs is 1. The number of carbonyl (C=O) groups excluding carboxylic acids is 1. The Morgan fingerprint density at radius 2 is 2.38 bits per heavy atom. The first-order valence-electron chi connectivity index (χ1n) is 7.52. The number of rotatable bonds is 4. The third-order valence-electron chi connectivity index (χ3n) is 4.27. The van der Waals surface area contributed by atoms with Crippen molar-refractivity contribution in [2.24, 2.45) is 5.92 Å². The lowest BCUT2D eigenvalue weighted by atomic mass is 10.0. The SMILES string of the molecule is Cc1nc2ccccn2c1CN(C)C(=O)C[C@@H]1CCNC1. The third kappa shape index (κ3) is 2.93. The van der Waals surface area contributed by atoms with Crippen LogP contribution < -0.4 is 5.32 Å². The number of imidazole rings is 1. The fraction of sp³-hybridized carbons (Fsp3) is 0.500. The molecule has 0 aliphatic carbocycles. The summed E-state index contributed by atoms with van der Waals surface area (Å²) in [5, 5.41) is 3.31. The van der Waals surface area contributed by atoms with E-state index in [0.717, 1.165) is 36.5 Å². The summed E-state index contributed by atoms with van der Waals surface area (Å²) in [7, 11) is 1.88. The summed E-state index contributed by atoms with van der Waals surface area (Å²) in [6, 6.07) is 5.96. The van der Waals surface area contributed by atoms with E-state index in [9.17, 15) is 4.79 Å². The number of pyridine rings is 1. The van der Waals surface area contributed by atoms with Crippen molar-refractivity contribution in [1.82, 2.24) is 19.6 Å². The van der Waals surface area contributed by atoms with E-state index in [1.807, 2.05) is 43.3 Å². The molecule has 1 N–H and O–H groups in total. The molecule has 1 fully saturated rings. The summed E-state index contributed by atoms with van der Waals surface area (Å²) in [4.78, 5) is 18.7. The van der Waals surface area contributed by atoms with Crippen molar-refractivity contribution in [3.05, 3.63) is 35.8 Å². The Morgan fingerprint density at radius 3 is 3.14 bits per heavy atom. The van der Waals surface area contributed by atoms with Crippen LogP contribution >= 0.6 is 0 Å². The third-order valence-corrected chi connectivity index (χ3v) is 4.27. The van der Waals surface area contributed by atoms with Gasteiger partial charge in [0.1, 0.15) is 5.65 Å². The second-order valence-corrected chi connectivity index (χ2v) is 5.89. The minimum absolute atomic E-state index is 0.217. The molecule has 1 aliphatic rings. The maximum Gasteiger partial charge on any atom is 0.222 e. The minimum atomic E-state index is 0.217. The van der Waals surface area contributed by atoms with Crippen LogP contribution in [-0.2, 0) is 11.3 Å². The number of carbonyl (C=O) groups is 1. The molecule has 21 heavy (non-hydrogen) atoms. The van der Waals surface area contributed by atoms with E-state index in [1.165, 1.54) is 0 Å². The highest BCUT2D eigenvalue weighted by Gasteiger charge is 2.21. The smallest absolute Gasteiger partial charge is 0.222 e. The Balaban J connectivity index is 1.72. The average Bonchev–Trinajstić information content (AvgIpc) is 3.07. The van der Waals surface area contributed by atoms with E-state index in [0.29, 0.717) is 18.9 Å². The molecular weight excluding hydrogens is 264 g/mol. The van der Waals surface area contributed by atoms with E-state index in [4.69, 9.17) is 0 Å². The van der Waals surface area contributed by atoms with E-state index in [1.54, 1.807) is 0 Å².